The molecule has 0 atom stereocenters. The van der Waals surface area contributed by atoms with Crippen molar-refractivity contribution in [2.24, 2.45) is 0 Å². The van der Waals surface area contributed by atoms with Crippen molar-refractivity contribution >= 4 is 5.78 Å². The van der Waals surface area contributed by atoms with Gasteiger partial charge in [-0.2, -0.15) is 0 Å². The zero-order valence-corrected chi connectivity index (χ0v) is 11.8. The minimum absolute atomic E-state index is 0.0221. The molecule has 0 aliphatic carbocycles. The average molecular weight is 271 g/mol. The van der Waals surface area contributed by atoms with Gasteiger partial charge < -0.3 is 9.47 Å². The molecule has 0 amide bonds. The van der Waals surface area contributed by atoms with Crippen LogP contribution < -0.4 is 9.47 Å². The van der Waals surface area contributed by atoms with Crippen LogP contribution in [-0.2, 0) is 0 Å². The zero-order chi connectivity index (χ0) is 14.5. The van der Waals surface area contributed by atoms with E-state index in [1.807, 2.05) is 31.2 Å². The second-order valence-electron chi connectivity index (χ2n) is 4.31. The number of pyridine rings is 1. The van der Waals surface area contributed by atoms with Gasteiger partial charge in [-0.25, -0.2) is 0 Å². The van der Waals surface area contributed by atoms with Crippen LogP contribution in [0.5, 0.6) is 11.5 Å². The molecule has 1 aromatic carbocycles. The molecule has 0 saturated carbocycles. The van der Waals surface area contributed by atoms with Gasteiger partial charge in [-0.3, -0.25) is 9.78 Å². The van der Waals surface area contributed by atoms with Gasteiger partial charge in [0.1, 0.15) is 11.5 Å². The first-order valence-corrected chi connectivity index (χ1v) is 6.43. The summed E-state index contributed by atoms with van der Waals surface area (Å²) in [6.07, 6.45) is 3.38. The summed E-state index contributed by atoms with van der Waals surface area (Å²) < 4.78 is 10.6. The van der Waals surface area contributed by atoms with Crippen LogP contribution in [0.4, 0.5) is 0 Å². The van der Waals surface area contributed by atoms with E-state index in [1.165, 1.54) is 6.92 Å². The molecule has 0 unspecified atom stereocenters. The highest BCUT2D eigenvalue weighted by molar-refractivity contribution is 5.98. The SMILES string of the molecule is CCOc1ccc(-c2cncc(OC)c2)cc1C(C)=O. The Morgan fingerprint density at radius 3 is 2.65 bits per heavy atom. The highest BCUT2D eigenvalue weighted by Crippen LogP contribution is 2.28. The van der Waals surface area contributed by atoms with Gasteiger partial charge in [-0.05, 0) is 37.6 Å². The Balaban J connectivity index is 2.47. The third-order valence-electron chi connectivity index (χ3n) is 2.94. The molecule has 0 N–H and O–H groups in total. The molecule has 0 spiro atoms. The van der Waals surface area contributed by atoms with Gasteiger partial charge in [0, 0.05) is 11.8 Å². The van der Waals surface area contributed by atoms with E-state index in [4.69, 9.17) is 9.47 Å². The molecule has 20 heavy (non-hydrogen) atoms. The minimum atomic E-state index is -0.0221. The van der Waals surface area contributed by atoms with Crippen LogP contribution >= 0.6 is 0 Å². The quantitative estimate of drug-likeness (QED) is 0.782. The van der Waals surface area contributed by atoms with Crippen LogP contribution in [0, 0.1) is 0 Å². The van der Waals surface area contributed by atoms with E-state index < -0.39 is 0 Å². The predicted octanol–water partition coefficient (Wildman–Crippen LogP) is 3.36. The highest BCUT2D eigenvalue weighted by atomic mass is 16.5. The monoisotopic (exact) mass is 271 g/mol. The molecule has 4 heteroatoms. The summed E-state index contributed by atoms with van der Waals surface area (Å²) in [6.45, 7) is 3.95. The Hall–Kier alpha value is -2.36. The van der Waals surface area contributed by atoms with Crippen LogP contribution in [0.3, 0.4) is 0 Å². The summed E-state index contributed by atoms with van der Waals surface area (Å²) in [7, 11) is 1.60. The summed E-state index contributed by atoms with van der Waals surface area (Å²) >= 11 is 0. The molecule has 0 saturated heterocycles. The first-order chi connectivity index (χ1) is 9.65. The van der Waals surface area contributed by atoms with Crippen LogP contribution in [0.2, 0.25) is 0 Å². The number of ketones is 1. The molecule has 0 aliphatic heterocycles. The number of aromatic nitrogens is 1. The normalized spacial score (nSPS) is 10.2. The molecule has 1 aromatic heterocycles. The molecule has 2 rings (SSSR count). The van der Waals surface area contributed by atoms with E-state index in [0.29, 0.717) is 23.7 Å². The summed E-state index contributed by atoms with van der Waals surface area (Å²) in [6, 6.07) is 7.43. The Morgan fingerprint density at radius 2 is 2.00 bits per heavy atom. The Morgan fingerprint density at radius 1 is 1.20 bits per heavy atom. The maximum atomic E-state index is 11.7. The molecule has 0 fully saturated rings. The van der Waals surface area contributed by atoms with Crippen LogP contribution in [-0.4, -0.2) is 24.5 Å². The van der Waals surface area contributed by atoms with Gasteiger partial charge >= 0.3 is 0 Å². The summed E-state index contributed by atoms with van der Waals surface area (Å²) in [5.41, 5.74) is 2.38. The molecule has 1 heterocycles. The molecule has 2 aromatic rings. The van der Waals surface area contributed by atoms with Crippen molar-refractivity contribution in [3.63, 3.8) is 0 Å². The number of carbonyl (C=O) groups excluding carboxylic acids is 1. The molecule has 104 valence electrons. The number of hydrogen-bond acceptors (Lipinski definition) is 4. The van der Waals surface area contributed by atoms with Crippen LogP contribution in [0.1, 0.15) is 24.2 Å². The van der Waals surface area contributed by atoms with Gasteiger partial charge in [-0.15, -0.1) is 0 Å². The predicted molar refractivity (Wildman–Crippen MR) is 77.4 cm³/mol. The lowest BCUT2D eigenvalue weighted by molar-refractivity contribution is 0.101. The van der Waals surface area contributed by atoms with Crippen molar-refractivity contribution in [3.8, 4) is 22.6 Å². The number of carbonyl (C=O) groups is 1. The fourth-order valence-corrected chi connectivity index (χ4v) is 1.95. The van der Waals surface area contributed by atoms with Crippen molar-refractivity contribution in [2.45, 2.75) is 13.8 Å². The third-order valence-corrected chi connectivity index (χ3v) is 2.94. The van der Waals surface area contributed by atoms with E-state index in [2.05, 4.69) is 4.98 Å². The van der Waals surface area contributed by atoms with Gasteiger partial charge in [0.15, 0.2) is 5.78 Å². The Kier molecular flexibility index (Phi) is 4.35. The maximum absolute atomic E-state index is 11.7. The second-order valence-corrected chi connectivity index (χ2v) is 4.31. The largest absolute Gasteiger partial charge is 0.495 e. The molecular formula is C16H17NO3. The van der Waals surface area contributed by atoms with Gasteiger partial charge in [0.25, 0.3) is 0 Å². The lowest BCUT2D eigenvalue weighted by Crippen LogP contribution is -2.01. The fraction of sp³-hybridized carbons (Fsp3) is 0.250. The Bertz CT molecular complexity index is 623. The van der Waals surface area contributed by atoms with E-state index in [9.17, 15) is 4.79 Å². The molecule has 0 bridgehead atoms. The molecular weight excluding hydrogens is 254 g/mol. The topological polar surface area (TPSA) is 48.4 Å². The molecule has 4 nitrogen and oxygen atoms in total. The summed E-state index contributed by atoms with van der Waals surface area (Å²) in [4.78, 5) is 15.9. The molecule has 0 radical (unpaired) electrons. The second kappa shape index (κ2) is 6.19. The Labute approximate surface area is 118 Å². The number of benzene rings is 1. The van der Waals surface area contributed by atoms with Crippen molar-refractivity contribution in [1.29, 1.82) is 0 Å². The van der Waals surface area contributed by atoms with Crippen LogP contribution in [0.15, 0.2) is 36.7 Å². The van der Waals surface area contributed by atoms with Crippen molar-refractivity contribution in [1.82, 2.24) is 4.98 Å². The first kappa shape index (κ1) is 14.1. The highest BCUT2D eigenvalue weighted by Gasteiger charge is 2.11. The number of nitrogens with zero attached hydrogens (tertiary/aromatic N) is 1. The fourth-order valence-electron chi connectivity index (χ4n) is 1.95. The summed E-state index contributed by atoms with van der Waals surface area (Å²) in [5, 5.41) is 0. The van der Waals surface area contributed by atoms with Gasteiger partial charge in [0.05, 0.1) is 25.5 Å². The number of ether oxygens (including phenoxy) is 2. The number of methoxy groups -OCH3 is 1. The minimum Gasteiger partial charge on any atom is -0.495 e. The average Bonchev–Trinajstić information content (AvgIpc) is 2.48. The molecule has 0 aliphatic rings. The van der Waals surface area contributed by atoms with Crippen molar-refractivity contribution < 1.29 is 14.3 Å². The zero-order valence-electron chi connectivity index (χ0n) is 11.8. The van der Waals surface area contributed by atoms with Crippen molar-refractivity contribution in [2.75, 3.05) is 13.7 Å². The van der Waals surface area contributed by atoms with E-state index in [-0.39, 0.29) is 5.78 Å². The van der Waals surface area contributed by atoms with E-state index in [1.54, 1.807) is 19.5 Å². The van der Waals surface area contributed by atoms with E-state index in [0.717, 1.165) is 11.1 Å². The third kappa shape index (κ3) is 2.96. The van der Waals surface area contributed by atoms with Gasteiger partial charge in [-0.1, -0.05) is 6.07 Å². The smallest absolute Gasteiger partial charge is 0.163 e. The van der Waals surface area contributed by atoms with Crippen LogP contribution in [0.25, 0.3) is 11.1 Å². The van der Waals surface area contributed by atoms with Gasteiger partial charge in [0.2, 0.25) is 0 Å². The summed E-state index contributed by atoms with van der Waals surface area (Å²) in [5.74, 6) is 1.27. The first-order valence-electron chi connectivity index (χ1n) is 6.43. The van der Waals surface area contributed by atoms with E-state index >= 15 is 0 Å². The number of Topliss-reactive ketones (excluding diaryl/α,β-unsaturated/α-hetero) is 1. The standard InChI is InChI=1S/C16H17NO3/c1-4-20-16-6-5-12(8-15(16)11(2)18)13-7-14(19-3)10-17-9-13/h5-10H,4H2,1-3H3. The lowest BCUT2D eigenvalue weighted by atomic mass is 10.0. The lowest BCUT2D eigenvalue weighted by Gasteiger charge is -2.10. The maximum Gasteiger partial charge on any atom is 0.163 e. The number of rotatable bonds is 5. The van der Waals surface area contributed by atoms with Crippen molar-refractivity contribution in [3.05, 3.63) is 42.2 Å². The number of hydrogen-bond donors (Lipinski definition) is 0.